The summed E-state index contributed by atoms with van der Waals surface area (Å²) in [6.45, 7) is 3.17. The average Bonchev–Trinajstić information content (AvgIpc) is 1.46. The Morgan fingerprint density at radius 1 is 1.00 bits per heavy atom. The van der Waals surface area contributed by atoms with E-state index in [0.29, 0.717) is 0 Å². The summed E-state index contributed by atoms with van der Waals surface area (Å²) in [6, 6.07) is 0. The van der Waals surface area contributed by atoms with Gasteiger partial charge in [0.2, 0.25) is 0 Å². The van der Waals surface area contributed by atoms with E-state index in [0.717, 1.165) is 7.96 Å². The van der Waals surface area contributed by atoms with Crippen molar-refractivity contribution < 1.29 is 72.3 Å². The second kappa shape index (κ2) is 73.8. The Morgan fingerprint density at radius 3 is 1.00 bits per heavy atom. The second-order valence-electron chi connectivity index (χ2n) is 0.167. The fourth-order valence-corrected chi connectivity index (χ4v) is 0. The molecule has 0 amide bonds. The monoisotopic (exact) mass is 499 g/mol. The maximum Gasteiger partial charge on any atom is 2.00 e. The van der Waals surface area contributed by atoms with Crippen molar-refractivity contribution in [3.63, 3.8) is 0 Å². The molecule has 0 saturated carbocycles. The molecule has 0 heterocycles. The van der Waals surface area contributed by atoms with Gasteiger partial charge in [0, 0.05) is 51.3 Å². The van der Waals surface area contributed by atoms with Gasteiger partial charge in [-0.2, -0.15) is 0 Å². The van der Waals surface area contributed by atoms with E-state index >= 15 is 0 Å². The smallest absolute Gasteiger partial charge is 0.358 e. The van der Waals surface area contributed by atoms with E-state index < -0.39 is 0 Å². The van der Waals surface area contributed by atoms with Crippen LogP contribution < -0.4 is 0 Å². The zero-order valence-electron chi connectivity index (χ0n) is 6.37. The molecule has 0 aromatic carbocycles. The first-order valence-corrected chi connectivity index (χ1v) is 6.42. The molecule has 0 aliphatic rings. The molecule has 3 atom stereocenters. The molecule has 0 aromatic heterocycles. The van der Waals surface area contributed by atoms with Gasteiger partial charge in [-0.05, 0) is 0 Å². The minimum Gasteiger partial charge on any atom is -0.358 e. The third-order valence-corrected chi connectivity index (χ3v) is 0. The van der Waals surface area contributed by atoms with Crippen molar-refractivity contribution in [1.82, 2.24) is 0 Å². The van der Waals surface area contributed by atoms with Gasteiger partial charge in [-0.3, -0.25) is 0 Å². The van der Waals surface area contributed by atoms with Crippen LogP contribution in [-0.4, -0.2) is 0 Å². The first-order valence-electron chi connectivity index (χ1n) is 0.986. The molecule has 0 nitrogen and oxygen atoms in total. The van der Waals surface area contributed by atoms with Crippen molar-refractivity contribution in [2.24, 2.45) is 0 Å². The Morgan fingerprint density at radius 2 is 1.00 bits per heavy atom. The Balaban J connectivity index is -0.00000000246. The van der Waals surface area contributed by atoms with Crippen LogP contribution in [0.5, 0.6) is 0 Å². The molecular formula is C3H15P4VWY-. The van der Waals surface area contributed by atoms with Crippen molar-refractivity contribution in [1.29, 1.82) is 0 Å². The van der Waals surface area contributed by atoms with Crippen LogP contribution in [0.3, 0.4) is 0 Å². The van der Waals surface area contributed by atoms with Gasteiger partial charge in [0.1, 0.15) is 0 Å². The first kappa shape index (κ1) is 48.0. The van der Waals surface area contributed by atoms with E-state index in [1.165, 1.54) is 0 Å². The molecule has 0 aliphatic carbocycles. The van der Waals surface area contributed by atoms with E-state index in [4.69, 9.17) is 0 Å². The Labute approximate surface area is 127 Å². The molecule has 0 spiro atoms. The molecule has 62 valence electrons. The fourth-order valence-electron chi connectivity index (χ4n) is 0. The van der Waals surface area contributed by atoms with Gasteiger partial charge in [-0.1, -0.05) is 7.96 Å². The maximum atomic E-state index is 3.17. The predicted octanol–water partition coefficient (Wildman–Crippen LogP) is 2.79. The predicted molar refractivity (Wildman–Crippen MR) is 55.6 cm³/mol. The third-order valence-electron chi connectivity index (χ3n) is 0. The minimum absolute atomic E-state index is 0. The van der Waals surface area contributed by atoms with Crippen molar-refractivity contribution in [2.45, 2.75) is 0 Å². The van der Waals surface area contributed by atoms with Crippen LogP contribution in [0.15, 0.2) is 0 Å². The van der Waals surface area contributed by atoms with E-state index in [-0.39, 0.29) is 87.2 Å². The second-order valence-corrected chi connectivity index (χ2v) is 4.50. The van der Waals surface area contributed by atoms with Gasteiger partial charge >= 0.3 is 21.1 Å². The van der Waals surface area contributed by atoms with Crippen molar-refractivity contribution in [3.05, 3.63) is 21.5 Å². The molecule has 0 saturated heterocycles. The number of rotatable bonds is 0. The Bertz CT molecular complexity index is 20.5. The minimum atomic E-state index is 0. The summed E-state index contributed by atoms with van der Waals surface area (Å²) >= 11 is 0. The summed E-state index contributed by atoms with van der Waals surface area (Å²) in [7, 11) is 8.22. The van der Waals surface area contributed by atoms with Gasteiger partial charge in [0.05, 0.1) is 0 Å². The van der Waals surface area contributed by atoms with Crippen LogP contribution in [0, 0.1) is 21.5 Å². The molecule has 0 aliphatic heterocycles. The Kier molecular flexibility index (Phi) is 354. The van der Waals surface area contributed by atoms with Gasteiger partial charge in [0.25, 0.3) is 0 Å². The van der Waals surface area contributed by atoms with E-state index in [1.54, 1.807) is 0 Å². The van der Waals surface area contributed by atoms with Crippen LogP contribution in [0.1, 0.15) is 0 Å². The quantitative estimate of drug-likeness (QED) is 0.356. The van der Waals surface area contributed by atoms with E-state index in [1.807, 2.05) is 0 Å². The molecule has 0 N–H and O–H groups in total. The molecule has 0 bridgehead atoms. The summed E-state index contributed by atoms with van der Waals surface area (Å²) in [6.07, 6.45) is 0. The summed E-state index contributed by atoms with van der Waals surface area (Å²) in [4.78, 5) is 0. The SMILES string of the molecule is PPP.[CH2-]P.[CH3-].[CH3-].[V].[W+2].[Y]. The molecule has 0 aromatic rings. The van der Waals surface area contributed by atoms with Gasteiger partial charge in [0.15, 0.2) is 0 Å². The van der Waals surface area contributed by atoms with E-state index in [9.17, 15) is 0 Å². The molecule has 10 heavy (non-hydrogen) atoms. The summed E-state index contributed by atoms with van der Waals surface area (Å²) < 4.78 is 0. The standard InChI is InChI=1S/CH4P.2CH3.H5P3.V.W.Y/c1-2;;;1-3-2;;;/h1-2H2;2*1H3;3H,1-2H2;;;/q3*-1;;;+2;. The molecule has 0 fully saturated rings. The summed E-state index contributed by atoms with van der Waals surface area (Å²) in [5.41, 5.74) is 0. The molecule has 0 rings (SSSR count). The van der Waals surface area contributed by atoms with Crippen LogP contribution in [0.2, 0.25) is 0 Å². The maximum absolute atomic E-state index is 3.17. The largest absolute Gasteiger partial charge is 2.00 e. The topological polar surface area (TPSA) is 0 Å². The van der Waals surface area contributed by atoms with Crippen LogP contribution >= 0.6 is 35.1 Å². The summed E-state index contributed by atoms with van der Waals surface area (Å²) in [5.74, 6) is 0. The fraction of sp³-hybridized carbons (Fsp3) is 0. The summed E-state index contributed by atoms with van der Waals surface area (Å²) in [5, 5.41) is 0. The normalized spacial score (nSPS) is 2.40. The zero-order valence-corrected chi connectivity index (χ0v) is 18.0. The van der Waals surface area contributed by atoms with Gasteiger partial charge in [-0.15, -0.1) is 17.9 Å². The number of hydrogen-bond acceptors (Lipinski definition) is 0. The third kappa shape index (κ3) is 88.8. The van der Waals surface area contributed by atoms with Gasteiger partial charge < -0.3 is 30.8 Å². The molecular weight excluding hydrogens is 484 g/mol. The van der Waals surface area contributed by atoms with Crippen molar-refractivity contribution in [3.8, 4) is 0 Å². The van der Waals surface area contributed by atoms with Crippen molar-refractivity contribution >= 4 is 35.1 Å². The molecule has 3 unspecified atom stereocenters. The van der Waals surface area contributed by atoms with E-state index in [2.05, 4.69) is 33.8 Å². The van der Waals surface area contributed by atoms with Gasteiger partial charge in [-0.25, -0.2) is 0 Å². The Hall–Kier alpha value is 4.10. The van der Waals surface area contributed by atoms with Crippen LogP contribution in [0.4, 0.5) is 0 Å². The molecule has 2 radical (unpaired) electrons. The zero-order chi connectivity index (χ0) is 4.71. The first-order chi connectivity index (χ1) is 2.41. The average molecular weight is 499 g/mol. The van der Waals surface area contributed by atoms with Crippen molar-refractivity contribution in [2.75, 3.05) is 0 Å². The van der Waals surface area contributed by atoms with Crippen LogP contribution in [0.25, 0.3) is 0 Å². The molecule has 7 heteroatoms. The number of hydrogen-bond donors (Lipinski definition) is 0. The van der Waals surface area contributed by atoms with Crippen LogP contribution in [-0.2, 0) is 72.3 Å².